The third-order valence-corrected chi connectivity index (χ3v) is 8.30. The predicted octanol–water partition coefficient (Wildman–Crippen LogP) is 6.09. The van der Waals surface area contributed by atoms with E-state index in [1.165, 1.54) is 18.4 Å². The van der Waals surface area contributed by atoms with Crippen molar-refractivity contribution in [1.29, 1.82) is 0 Å². The molecule has 0 atom stereocenters. The maximum atomic E-state index is 14.6. The van der Waals surface area contributed by atoms with E-state index in [1.54, 1.807) is 37.1 Å². The fourth-order valence-corrected chi connectivity index (χ4v) is 5.76. The van der Waals surface area contributed by atoms with Gasteiger partial charge in [0.25, 0.3) is 0 Å². The number of sulfone groups is 1. The second-order valence-corrected chi connectivity index (χ2v) is 13.1. The lowest BCUT2D eigenvalue weighted by atomic mass is 10.0. The van der Waals surface area contributed by atoms with Crippen molar-refractivity contribution in [3.8, 4) is 33.8 Å². The van der Waals surface area contributed by atoms with Crippen molar-refractivity contribution < 1.29 is 17.6 Å². The van der Waals surface area contributed by atoms with Crippen LogP contribution in [0.5, 0.6) is 0 Å². The number of nitrogens with zero attached hydrogens (tertiary/aromatic N) is 4. The van der Waals surface area contributed by atoms with E-state index >= 15 is 0 Å². The van der Waals surface area contributed by atoms with Gasteiger partial charge < -0.3 is 10.3 Å². The summed E-state index contributed by atoms with van der Waals surface area (Å²) in [5, 5.41) is 12.1. The largest absolute Gasteiger partial charge is 0.352 e. The molecule has 44 heavy (non-hydrogen) atoms. The Morgan fingerprint density at radius 2 is 1.77 bits per heavy atom. The van der Waals surface area contributed by atoms with E-state index in [4.69, 9.17) is 0 Å². The summed E-state index contributed by atoms with van der Waals surface area (Å²) in [6, 6.07) is 10.3. The Morgan fingerprint density at radius 1 is 0.932 bits per heavy atom. The van der Waals surface area contributed by atoms with Gasteiger partial charge in [0.2, 0.25) is 5.91 Å². The van der Waals surface area contributed by atoms with Crippen LogP contribution in [0.1, 0.15) is 31.7 Å². The maximum Gasteiger partial charge on any atom is 0.224 e. The van der Waals surface area contributed by atoms with Crippen LogP contribution in [0.2, 0.25) is 0 Å². The van der Waals surface area contributed by atoms with Gasteiger partial charge >= 0.3 is 0 Å². The number of hydrogen-bond donors (Lipinski definition) is 3. The smallest absolute Gasteiger partial charge is 0.224 e. The summed E-state index contributed by atoms with van der Waals surface area (Å²) in [6.45, 7) is 2.04. The molecule has 10 nitrogen and oxygen atoms in total. The highest BCUT2D eigenvalue weighted by atomic mass is 32.2. The van der Waals surface area contributed by atoms with Crippen LogP contribution in [0.15, 0.2) is 67.4 Å². The number of rotatable bonds is 10. The van der Waals surface area contributed by atoms with Crippen molar-refractivity contribution in [2.45, 2.75) is 32.6 Å². The normalized spacial score (nSPS) is 11.8. The predicted molar refractivity (Wildman–Crippen MR) is 169 cm³/mol. The number of fused-ring (bicyclic) bond motifs is 2. The number of halogens is 1. The molecule has 1 aromatic carbocycles. The number of anilines is 1. The topological polar surface area (TPSA) is 146 Å². The number of carbonyl (C=O) groups excluding carboxylic acids is 1. The summed E-state index contributed by atoms with van der Waals surface area (Å²) in [5.74, 6) is -0.567. The van der Waals surface area contributed by atoms with Gasteiger partial charge in [-0.3, -0.25) is 24.8 Å². The minimum Gasteiger partial charge on any atom is -0.352 e. The molecular formula is C32H30FN7O3S. The molecule has 0 aliphatic rings. The van der Waals surface area contributed by atoms with Gasteiger partial charge in [-0.1, -0.05) is 19.4 Å². The van der Waals surface area contributed by atoms with Crippen LogP contribution in [0, 0.1) is 5.82 Å². The number of amides is 1. The zero-order valence-electron chi connectivity index (χ0n) is 24.2. The second kappa shape index (κ2) is 12.0. The Hall–Kier alpha value is -4.97. The molecular weight excluding hydrogens is 581 g/mol. The number of aryl methyl sites for hydroxylation is 1. The molecule has 0 bridgehead atoms. The van der Waals surface area contributed by atoms with Gasteiger partial charge in [0, 0.05) is 47.0 Å². The first kappa shape index (κ1) is 29.1. The average Bonchev–Trinajstić information content (AvgIpc) is 3.62. The van der Waals surface area contributed by atoms with E-state index in [1.807, 2.05) is 25.1 Å². The minimum absolute atomic E-state index is 0.0534. The summed E-state index contributed by atoms with van der Waals surface area (Å²) < 4.78 is 38.0. The molecule has 0 saturated carbocycles. The number of aromatic amines is 2. The SMILES string of the molecule is CCCCC(=O)Nc1cncc(-c2cc3c(-c4cc5c(-c6cc(F)cc(CCS(C)(=O)=O)c6)cncc5[nH]4)n[nH]c3cn2)c1. The van der Waals surface area contributed by atoms with E-state index in [9.17, 15) is 17.6 Å². The Bertz CT molecular complexity index is 2120. The van der Waals surface area contributed by atoms with Gasteiger partial charge in [0.05, 0.1) is 52.5 Å². The first-order chi connectivity index (χ1) is 21.2. The molecule has 0 aliphatic heterocycles. The van der Waals surface area contributed by atoms with E-state index in [2.05, 4.69) is 35.5 Å². The molecule has 0 unspecified atom stereocenters. The number of nitrogens with one attached hydrogen (secondary N) is 3. The van der Waals surface area contributed by atoms with Crippen molar-refractivity contribution >= 4 is 43.2 Å². The third kappa shape index (κ3) is 6.35. The highest BCUT2D eigenvalue weighted by Crippen LogP contribution is 2.35. The lowest BCUT2D eigenvalue weighted by molar-refractivity contribution is -0.116. The quantitative estimate of drug-likeness (QED) is 0.170. The third-order valence-electron chi connectivity index (χ3n) is 7.35. The lowest BCUT2D eigenvalue weighted by Gasteiger charge is -2.07. The first-order valence-electron chi connectivity index (χ1n) is 14.2. The van der Waals surface area contributed by atoms with Gasteiger partial charge in [0.15, 0.2) is 0 Å². The van der Waals surface area contributed by atoms with E-state index in [0.29, 0.717) is 40.2 Å². The highest BCUT2D eigenvalue weighted by molar-refractivity contribution is 7.90. The fraction of sp³-hybridized carbons (Fsp3) is 0.219. The van der Waals surface area contributed by atoms with Gasteiger partial charge in [-0.15, -0.1) is 0 Å². The highest BCUT2D eigenvalue weighted by Gasteiger charge is 2.17. The maximum absolute atomic E-state index is 14.6. The van der Waals surface area contributed by atoms with Crippen LogP contribution in [0.25, 0.3) is 55.6 Å². The molecule has 224 valence electrons. The van der Waals surface area contributed by atoms with Crippen molar-refractivity contribution in [3.63, 3.8) is 0 Å². The van der Waals surface area contributed by atoms with Gasteiger partial charge in [-0.25, -0.2) is 12.8 Å². The second-order valence-electron chi connectivity index (χ2n) is 10.9. The fourth-order valence-electron chi connectivity index (χ4n) is 5.15. The summed E-state index contributed by atoms with van der Waals surface area (Å²) in [4.78, 5) is 28.9. The van der Waals surface area contributed by atoms with Crippen molar-refractivity contribution in [2.75, 3.05) is 17.3 Å². The van der Waals surface area contributed by atoms with E-state index in [0.717, 1.165) is 45.9 Å². The van der Waals surface area contributed by atoms with Crippen LogP contribution < -0.4 is 5.32 Å². The molecule has 12 heteroatoms. The molecule has 0 saturated heterocycles. The summed E-state index contributed by atoms with van der Waals surface area (Å²) >= 11 is 0. The molecule has 0 radical (unpaired) electrons. The first-order valence-corrected chi connectivity index (χ1v) is 16.3. The van der Waals surface area contributed by atoms with Crippen molar-refractivity contribution in [2.24, 2.45) is 0 Å². The summed E-state index contributed by atoms with van der Waals surface area (Å²) in [6.07, 6.45) is 12.0. The van der Waals surface area contributed by atoms with Crippen LogP contribution in [0.4, 0.5) is 10.1 Å². The number of benzene rings is 1. The Balaban J connectivity index is 1.35. The van der Waals surface area contributed by atoms with Crippen LogP contribution >= 0.6 is 0 Å². The molecule has 3 N–H and O–H groups in total. The number of H-pyrrole nitrogens is 2. The number of pyridine rings is 3. The van der Waals surface area contributed by atoms with Gasteiger partial charge in [-0.2, -0.15) is 5.10 Å². The molecule has 5 aromatic heterocycles. The zero-order chi connectivity index (χ0) is 30.8. The van der Waals surface area contributed by atoms with Crippen LogP contribution in [0.3, 0.4) is 0 Å². The van der Waals surface area contributed by atoms with E-state index in [-0.39, 0.29) is 18.1 Å². The van der Waals surface area contributed by atoms with Gasteiger partial charge in [0.1, 0.15) is 21.3 Å². The number of unbranched alkanes of at least 4 members (excludes halogenated alkanes) is 1. The summed E-state index contributed by atoms with van der Waals surface area (Å²) in [7, 11) is -3.19. The molecule has 6 rings (SSSR count). The van der Waals surface area contributed by atoms with Crippen LogP contribution in [-0.2, 0) is 21.1 Å². The molecule has 0 aliphatic carbocycles. The van der Waals surface area contributed by atoms with E-state index < -0.39 is 15.7 Å². The minimum atomic E-state index is -3.19. The Kier molecular flexibility index (Phi) is 7.92. The average molecular weight is 612 g/mol. The zero-order valence-corrected chi connectivity index (χ0v) is 25.0. The number of hydrogen-bond acceptors (Lipinski definition) is 7. The lowest BCUT2D eigenvalue weighted by Crippen LogP contribution is -2.11. The molecule has 6 aromatic rings. The van der Waals surface area contributed by atoms with Crippen molar-refractivity contribution in [1.82, 2.24) is 30.1 Å². The molecule has 5 heterocycles. The van der Waals surface area contributed by atoms with Gasteiger partial charge in [-0.05, 0) is 54.3 Å². The summed E-state index contributed by atoms with van der Waals surface area (Å²) in [5.41, 5.74) is 6.77. The Labute approximate surface area is 253 Å². The Morgan fingerprint density at radius 3 is 2.59 bits per heavy atom. The molecule has 0 spiro atoms. The molecule has 0 fully saturated rings. The molecule has 1 amide bonds. The van der Waals surface area contributed by atoms with Crippen LogP contribution in [-0.4, -0.2) is 56.5 Å². The number of carbonyl (C=O) groups is 1. The number of aromatic nitrogens is 6. The van der Waals surface area contributed by atoms with Crippen molar-refractivity contribution in [3.05, 3.63) is 78.8 Å². The monoisotopic (exact) mass is 611 g/mol. The standard InChI is InChI=1S/C32H30FN7O3S/c1-3-4-5-31(41)37-23-11-21(14-34-15-23)27-13-25-30(18-36-27)39-40-32(25)28-12-24-26(16-35-17-29(24)38-28)20-8-19(9-22(33)10-20)6-7-44(2,42)43/h8-18,38H,3-7H2,1-2H3,(H,37,41)(H,39,40).